The summed E-state index contributed by atoms with van der Waals surface area (Å²) < 4.78 is 1.12. The first-order chi connectivity index (χ1) is 12.7. The standard InChI is InChI=1S/C19H15N5OS/c20-18(24-21)12-4-5-14-16(9-12)23-19(15-6-7-26-17(14)15)22-13-3-1-2-11(8-13)10-25/h1-10H,21H2,(H2,20,24)(H,22,23). The summed E-state index contributed by atoms with van der Waals surface area (Å²) in [5.74, 6) is 6.26. The third-order valence-corrected chi connectivity index (χ3v) is 5.06. The fourth-order valence-electron chi connectivity index (χ4n) is 2.86. The van der Waals surface area contributed by atoms with Crippen LogP contribution < -0.4 is 16.9 Å². The molecule has 2 heterocycles. The number of thiophene rings is 1. The van der Waals surface area contributed by atoms with Crippen molar-refractivity contribution >= 4 is 56.0 Å². The predicted molar refractivity (Wildman–Crippen MR) is 107 cm³/mol. The van der Waals surface area contributed by atoms with E-state index in [1.807, 2.05) is 41.8 Å². The molecule has 0 atom stereocenters. The molecule has 0 aliphatic rings. The summed E-state index contributed by atoms with van der Waals surface area (Å²) >= 11 is 1.65. The lowest BCUT2D eigenvalue weighted by molar-refractivity contribution is 0.112. The van der Waals surface area contributed by atoms with E-state index in [9.17, 15) is 4.79 Å². The highest BCUT2D eigenvalue weighted by Crippen LogP contribution is 2.35. The zero-order chi connectivity index (χ0) is 18.1. The number of anilines is 2. The Morgan fingerprint density at radius 3 is 2.85 bits per heavy atom. The number of carbonyl (C=O) groups excluding carboxylic acids is 1. The van der Waals surface area contributed by atoms with Crippen LogP contribution in [0.2, 0.25) is 0 Å². The van der Waals surface area contributed by atoms with Gasteiger partial charge < -0.3 is 16.9 Å². The van der Waals surface area contributed by atoms with Crippen LogP contribution in [0.5, 0.6) is 0 Å². The number of carbonyl (C=O) groups is 1. The summed E-state index contributed by atoms with van der Waals surface area (Å²) in [6, 6.07) is 15.0. The van der Waals surface area contributed by atoms with Crippen LogP contribution >= 0.6 is 11.3 Å². The van der Waals surface area contributed by atoms with Gasteiger partial charge in [0, 0.05) is 32.3 Å². The molecule has 128 valence electrons. The maximum Gasteiger partial charge on any atom is 0.150 e. The number of hydrogen-bond donors (Lipinski definition) is 3. The second kappa shape index (κ2) is 6.45. The van der Waals surface area contributed by atoms with Crippen molar-refractivity contribution < 1.29 is 4.79 Å². The van der Waals surface area contributed by atoms with Crippen LogP contribution in [0, 0.1) is 0 Å². The van der Waals surface area contributed by atoms with Gasteiger partial charge in [-0.3, -0.25) is 4.79 Å². The van der Waals surface area contributed by atoms with Gasteiger partial charge in [0.05, 0.1) is 5.52 Å². The first-order valence-electron chi connectivity index (χ1n) is 7.86. The van der Waals surface area contributed by atoms with Crippen LogP contribution in [-0.4, -0.2) is 17.1 Å². The number of fused-ring (bicyclic) bond motifs is 3. The van der Waals surface area contributed by atoms with E-state index in [2.05, 4.69) is 10.4 Å². The van der Waals surface area contributed by atoms with Gasteiger partial charge in [0.15, 0.2) is 0 Å². The second-order valence-corrected chi connectivity index (χ2v) is 6.65. The first kappa shape index (κ1) is 16.0. The first-order valence-corrected chi connectivity index (χ1v) is 8.74. The van der Waals surface area contributed by atoms with E-state index in [1.54, 1.807) is 23.5 Å². The normalized spacial score (nSPS) is 11.8. The summed E-state index contributed by atoms with van der Waals surface area (Å²) in [7, 11) is 0. The molecule has 0 aliphatic heterocycles. The van der Waals surface area contributed by atoms with E-state index in [-0.39, 0.29) is 5.84 Å². The highest BCUT2D eigenvalue weighted by Gasteiger charge is 2.11. The smallest absolute Gasteiger partial charge is 0.150 e. The second-order valence-electron chi connectivity index (χ2n) is 5.74. The number of amidine groups is 1. The lowest BCUT2D eigenvalue weighted by Gasteiger charge is -2.10. The monoisotopic (exact) mass is 361 g/mol. The van der Waals surface area contributed by atoms with Crippen molar-refractivity contribution in [3.8, 4) is 0 Å². The highest BCUT2D eigenvalue weighted by molar-refractivity contribution is 7.18. The van der Waals surface area contributed by atoms with Gasteiger partial charge >= 0.3 is 0 Å². The van der Waals surface area contributed by atoms with Gasteiger partial charge in [-0.2, -0.15) is 5.10 Å². The summed E-state index contributed by atoms with van der Waals surface area (Å²) in [4.78, 5) is 15.8. The maximum absolute atomic E-state index is 11.0. The average molecular weight is 361 g/mol. The molecule has 4 rings (SSSR count). The van der Waals surface area contributed by atoms with Crippen LogP contribution in [0.25, 0.3) is 21.0 Å². The molecular formula is C19H15N5OS. The summed E-state index contributed by atoms with van der Waals surface area (Å²) in [6.45, 7) is 0. The Morgan fingerprint density at radius 1 is 1.15 bits per heavy atom. The Bertz CT molecular complexity index is 1170. The van der Waals surface area contributed by atoms with Crippen molar-refractivity contribution in [2.45, 2.75) is 0 Å². The molecule has 4 aromatic rings. The number of nitrogens with zero attached hydrogens (tertiary/aromatic N) is 2. The van der Waals surface area contributed by atoms with Crippen LogP contribution in [-0.2, 0) is 0 Å². The summed E-state index contributed by atoms with van der Waals surface area (Å²) in [6.07, 6.45) is 0.820. The third-order valence-electron chi connectivity index (χ3n) is 4.12. The number of aromatic nitrogens is 1. The Kier molecular flexibility index (Phi) is 3.98. The number of hydrazone groups is 1. The Labute approximate surface area is 153 Å². The Morgan fingerprint density at radius 2 is 2.04 bits per heavy atom. The number of hydrogen-bond acceptors (Lipinski definition) is 6. The van der Waals surface area contributed by atoms with Crippen LogP contribution in [0.15, 0.2) is 59.0 Å². The van der Waals surface area contributed by atoms with Crippen molar-refractivity contribution in [1.82, 2.24) is 4.98 Å². The molecule has 5 N–H and O–H groups in total. The summed E-state index contributed by atoms with van der Waals surface area (Å²) in [5.41, 5.74) is 8.73. The van der Waals surface area contributed by atoms with E-state index in [0.717, 1.165) is 44.3 Å². The molecule has 0 amide bonds. The molecule has 26 heavy (non-hydrogen) atoms. The molecule has 0 aliphatic carbocycles. The fraction of sp³-hybridized carbons (Fsp3) is 0. The van der Waals surface area contributed by atoms with Crippen molar-refractivity contribution in [1.29, 1.82) is 0 Å². The molecule has 0 bridgehead atoms. The van der Waals surface area contributed by atoms with Crippen molar-refractivity contribution in [2.24, 2.45) is 16.7 Å². The van der Waals surface area contributed by atoms with Crippen molar-refractivity contribution in [2.75, 3.05) is 5.32 Å². The van der Waals surface area contributed by atoms with Crippen LogP contribution in [0.1, 0.15) is 15.9 Å². The molecule has 2 aromatic carbocycles. The molecule has 0 saturated carbocycles. The number of pyridine rings is 1. The lowest BCUT2D eigenvalue weighted by atomic mass is 10.1. The molecule has 0 radical (unpaired) electrons. The molecule has 2 aromatic heterocycles. The topological polar surface area (TPSA) is 106 Å². The Balaban J connectivity index is 1.89. The molecule has 6 nitrogen and oxygen atoms in total. The SMILES string of the molecule is N/N=C(\N)c1ccc2c(c1)nc(Nc1cccc(C=O)c1)c1ccsc12. The van der Waals surface area contributed by atoms with Crippen LogP contribution in [0.4, 0.5) is 11.5 Å². The molecule has 0 spiro atoms. The van der Waals surface area contributed by atoms with Crippen molar-refractivity contribution in [3.63, 3.8) is 0 Å². The van der Waals surface area contributed by atoms with Crippen molar-refractivity contribution in [3.05, 3.63) is 65.0 Å². The van der Waals surface area contributed by atoms with Gasteiger partial charge in [0.25, 0.3) is 0 Å². The maximum atomic E-state index is 11.0. The van der Waals surface area contributed by atoms with E-state index in [0.29, 0.717) is 5.56 Å². The fourth-order valence-corrected chi connectivity index (χ4v) is 3.79. The minimum atomic E-state index is 0.258. The molecule has 0 fully saturated rings. The number of aldehydes is 1. The molecule has 0 unspecified atom stereocenters. The number of benzene rings is 2. The van der Waals surface area contributed by atoms with E-state index in [1.165, 1.54) is 0 Å². The van der Waals surface area contributed by atoms with E-state index in [4.69, 9.17) is 16.6 Å². The van der Waals surface area contributed by atoms with Crippen LogP contribution in [0.3, 0.4) is 0 Å². The molecule has 0 saturated heterocycles. The largest absolute Gasteiger partial charge is 0.382 e. The lowest BCUT2D eigenvalue weighted by Crippen LogP contribution is -2.15. The minimum absolute atomic E-state index is 0.258. The van der Waals surface area contributed by atoms with Gasteiger partial charge in [0.2, 0.25) is 0 Å². The van der Waals surface area contributed by atoms with E-state index >= 15 is 0 Å². The predicted octanol–water partition coefficient (Wildman–Crippen LogP) is 3.58. The highest BCUT2D eigenvalue weighted by atomic mass is 32.1. The quantitative estimate of drug-likeness (QED) is 0.169. The van der Waals surface area contributed by atoms with Gasteiger partial charge in [-0.05, 0) is 29.6 Å². The molecular weight excluding hydrogens is 346 g/mol. The Hall–Kier alpha value is -3.45. The van der Waals surface area contributed by atoms with Gasteiger partial charge in [-0.25, -0.2) is 4.98 Å². The number of rotatable bonds is 4. The van der Waals surface area contributed by atoms with Gasteiger partial charge in [0.1, 0.15) is 17.9 Å². The number of nitrogens with two attached hydrogens (primary N) is 2. The van der Waals surface area contributed by atoms with E-state index < -0.39 is 0 Å². The molecule has 7 heteroatoms. The van der Waals surface area contributed by atoms with Gasteiger partial charge in [-0.1, -0.05) is 24.3 Å². The van der Waals surface area contributed by atoms with Gasteiger partial charge in [-0.15, -0.1) is 11.3 Å². The zero-order valence-electron chi connectivity index (χ0n) is 13.6. The minimum Gasteiger partial charge on any atom is -0.382 e. The third kappa shape index (κ3) is 2.74. The number of nitrogens with one attached hydrogen (secondary N) is 1. The average Bonchev–Trinajstić information content (AvgIpc) is 3.17. The summed E-state index contributed by atoms with van der Waals surface area (Å²) in [5, 5.41) is 10.9. The zero-order valence-corrected chi connectivity index (χ0v) is 14.5.